The fourth-order valence-electron chi connectivity index (χ4n) is 9.76. The van der Waals surface area contributed by atoms with Crippen LogP contribution in [0.1, 0.15) is 104 Å². The average Bonchev–Trinajstić information content (AvgIpc) is 3.31. The molecule has 8 unspecified atom stereocenters. The van der Waals surface area contributed by atoms with E-state index in [4.69, 9.17) is 0 Å². The summed E-state index contributed by atoms with van der Waals surface area (Å²) in [7, 11) is 0. The van der Waals surface area contributed by atoms with Gasteiger partial charge in [0.25, 0.3) is 0 Å². The van der Waals surface area contributed by atoms with Crippen LogP contribution in [0.5, 0.6) is 0 Å². The lowest BCUT2D eigenvalue weighted by atomic mass is 9.55. The molecule has 0 heteroatoms. The van der Waals surface area contributed by atoms with Crippen LogP contribution in [0.3, 0.4) is 0 Å². The van der Waals surface area contributed by atoms with E-state index in [9.17, 15) is 0 Å². The van der Waals surface area contributed by atoms with Gasteiger partial charge in [0.15, 0.2) is 0 Å². The molecule has 0 aromatic heterocycles. The normalized spacial score (nSPS) is 42.3. The predicted molar refractivity (Wildman–Crippen MR) is 127 cm³/mol. The first kappa shape index (κ1) is 21.7. The van der Waals surface area contributed by atoms with E-state index in [-0.39, 0.29) is 0 Å². The van der Waals surface area contributed by atoms with Crippen molar-refractivity contribution < 1.29 is 0 Å². The number of hydrogen-bond donors (Lipinski definition) is 0. The highest BCUT2D eigenvalue weighted by Crippen LogP contribution is 2.66. The van der Waals surface area contributed by atoms with Crippen LogP contribution in [0.25, 0.3) is 0 Å². The Morgan fingerprint density at radius 3 is 1.38 bits per heavy atom. The maximum absolute atomic E-state index is 4.14. The Bertz CT molecular complexity index is 508. The molecule has 4 aliphatic rings. The van der Waals surface area contributed by atoms with Gasteiger partial charge in [-0.1, -0.05) is 51.7 Å². The Balaban J connectivity index is 1.66. The molecule has 4 aliphatic carbocycles. The lowest BCUT2D eigenvalue weighted by molar-refractivity contribution is -0.0119. The van der Waals surface area contributed by atoms with Crippen molar-refractivity contribution >= 4 is 0 Å². The molecular formula is C29H48. The molecule has 4 saturated carbocycles. The van der Waals surface area contributed by atoms with E-state index in [1.165, 1.54) is 89.9 Å². The smallest absolute Gasteiger partial charge is 0.0240 e. The predicted octanol–water partition coefficient (Wildman–Crippen LogP) is 8.83. The minimum absolute atomic E-state index is 0.604. The summed E-state index contributed by atoms with van der Waals surface area (Å²) in [5, 5.41) is 0. The molecule has 0 bridgehead atoms. The molecule has 0 aromatic carbocycles. The molecule has 8 atom stereocenters. The second-order valence-corrected chi connectivity index (χ2v) is 11.4. The molecule has 0 nitrogen and oxygen atoms in total. The molecular weight excluding hydrogens is 348 g/mol. The summed E-state index contributed by atoms with van der Waals surface area (Å²) >= 11 is 0. The highest BCUT2D eigenvalue weighted by atomic mass is 14.6. The van der Waals surface area contributed by atoms with Gasteiger partial charge in [-0.05, 0) is 117 Å². The Morgan fingerprint density at radius 2 is 1.03 bits per heavy atom. The van der Waals surface area contributed by atoms with E-state index >= 15 is 0 Å². The highest BCUT2D eigenvalue weighted by molar-refractivity contribution is 5.08. The average molecular weight is 397 g/mol. The van der Waals surface area contributed by atoms with Gasteiger partial charge in [0.05, 0.1) is 0 Å². The van der Waals surface area contributed by atoms with E-state index < -0.39 is 0 Å². The first-order chi connectivity index (χ1) is 14.2. The van der Waals surface area contributed by atoms with Crippen molar-refractivity contribution in [3.63, 3.8) is 0 Å². The molecule has 4 fully saturated rings. The Kier molecular flexibility index (Phi) is 6.97. The lowest BCUT2D eigenvalue weighted by Gasteiger charge is -2.50. The van der Waals surface area contributed by atoms with E-state index in [0.29, 0.717) is 5.41 Å². The fraction of sp³-hybridized carbons (Fsp3) is 0.862. The molecule has 29 heavy (non-hydrogen) atoms. The quantitative estimate of drug-likeness (QED) is 0.359. The fourth-order valence-corrected chi connectivity index (χ4v) is 9.76. The second-order valence-electron chi connectivity index (χ2n) is 11.4. The number of hydrogen-bond acceptors (Lipinski definition) is 0. The number of allylic oxidation sites excluding steroid dienone is 2. The summed E-state index contributed by atoms with van der Waals surface area (Å²) in [4.78, 5) is 0. The monoisotopic (exact) mass is 396 g/mol. The molecule has 0 aromatic rings. The van der Waals surface area contributed by atoms with E-state index in [2.05, 4.69) is 39.2 Å². The van der Waals surface area contributed by atoms with Crippen LogP contribution >= 0.6 is 0 Å². The van der Waals surface area contributed by atoms with Crippen LogP contribution in [0.15, 0.2) is 25.3 Å². The number of fused-ring (bicyclic) bond motifs is 2. The van der Waals surface area contributed by atoms with Crippen LogP contribution in [-0.2, 0) is 0 Å². The number of rotatable bonds is 8. The summed E-state index contributed by atoms with van der Waals surface area (Å²) < 4.78 is 0. The van der Waals surface area contributed by atoms with E-state index in [0.717, 1.165) is 47.3 Å². The zero-order chi connectivity index (χ0) is 20.4. The molecule has 4 rings (SSSR count). The Morgan fingerprint density at radius 1 is 0.655 bits per heavy atom. The Labute approximate surface area is 182 Å². The molecule has 0 aliphatic heterocycles. The van der Waals surface area contributed by atoms with Gasteiger partial charge in [-0.25, -0.2) is 0 Å². The van der Waals surface area contributed by atoms with Gasteiger partial charge in [0.1, 0.15) is 0 Å². The molecule has 0 N–H and O–H groups in total. The third-order valence-corrected chi connectivity index (χ3v) is 10.8. The van der Waals surface area contributed by atoms with Gasteiger partial charge in [0, 0.05) is 0 Å². The van der Waals surface area contributed by atoms with Crippen molar-refractivity contribution in [3.05, 3.63) is 25.3 Å². The standard InChI is InChI=1S/C29H48/c1-5-13-21-19-27(25-17-11-9-15-23(21)25)29(7-3,8-4)28-20-22(14-6-2)24-16-10-12-18-26(24)28/h5-6,21-28H,1-2,7-20H2,3-4H3. The van der Waals surface area contributed by atoms with Crippen LogP contribution in [0.4, 0.5) is 0 Å². The molecule has 0 radical (unpaired) electrons. The SMILES string of the molecule is C=CCC1CC(C(CC)(CC)C2CC(CC=C)C3CCCCC32)C2CCCCC12. The first-order valence-electron chi connectivity index (χ1n) is 13.4. The van der Waals surface area contributed by atoms with Gasteiger partial charge in [0.2, 0.25) is 0 Å². The van der Waals surface area contributed by atoms with Gasteiger partial charge < -0.3 is 0 Å². The summed E-state index contributed by atoms with van der Waals surface area (Å²) in [5.41, 5.74) is 0.604. The summed E-state index contributed by atoms with van der Waals surface area (Å²) in [6.07, 6.45) is 25.0. The van der Waals surface area contributed by atoms with E-state index in [1.54, 1.807) is 0 Å². The van der Waals surface area contributed by atoms with Crippen molar-refractivity contribution in [2.75, 3.05) is 0 Å². The minimum atomic E-state index is 0.604. The zero-order valence-electron chi connectivity index (χ0n) is 19.6. The maximum atomic E-state index is 4.14. The molecule has 164 valence electrons. The van der Waals surface area contributed by atoms with Crippen molar-refractivity contribution in [2.24, 2.45) is 52.8 Å². The second kappa shape index (κ2) is 9.32. The van der Waals surface area contributed by atoms with Crippen molar-refractivity contribution in [1.29, 1.82) is 0 Å². The topological polar surface area (TPSA) is 0 Å². The maximum Gasteiger partial charge on any atom is -0.0240 e. The third kappa shape index (κ3) is 3.70. The van der Waals surface area contributed by atoms with E-state index in [1.807, 2.05) is 0 Å². The zero-order valence-corrected chi connectivity index (χ0v) is 19.6. The van der Waals surface area contributed by atoms with Gasteiger partial charge in [-0.3, -0.25) is 0 Å². The highest BCUT2D eigenvalue weighted by Gasteiger charge is 2.58. The van der Waals surface area contributed by atoms with Crippen LogP contribution < -0.4 is 0 Å². The molecule has 0 spiro atoms. The third-order valence-electron chi connectivity index (χ3n) is 10.8. The summed E-state index contributed by atoms with van der Waals surface area (Å²) in [6.45, 7) is 13.4. The molecule has 0 saturated heterocycles. The van der Waals surface area contributed by atoms with Gasteiger partial charge >= 0.3 is 0 Å². The first-order valence-corrected chi connectivity index (χ1v) is 13.4. The Hall–Kier alpha value is -0.520. The van der Waals surface area contributed by atoms with Gasteiger partial charge in [-0.2, -0.15) is 0 Å². The van der Waals surface area contributed by atoms with Crippen LogP contribution in [0.2, 0.25) is 0 Å². The molecule has 0 amide bonds. The van der Waals surface area contributed by atoms with Crippen LogP contribution in [-0.4, -0.2) is 0 Å². The van der Waals surface area contributed by atoms with Crippen LogP contribution in [0, 0.1) is 52.8 Å². The van der Waals surface area contributed by atoms with Crippen molar-refractivity contribution in [1.82, 2.24) is 0 Å². The van der Waals surface area contributed by atoms with Crippen molar-refractivity contribution in [2.45, 2.75) is 104 Å². The largest absolute Gasteiger partial charge is 0.103 e. The lowest BCUT2D eigenvalue weighted by Crippen LogP contribution is -2.43. The minimum Gasteiger partial charge on any atom is -0.103 e. The van der Waals surface area contributed by atoms with Gasteiger partial charge in [-0.15, -0.1) is 13.2 Å². The summed E-state index contributed by atoms with van der Waals surface area (Å²) in [5.74, 6) is 7.92. The van der Waals surface area contributed by atoms with Crippen molar-refractivity contribution in [3.8, 4) is 0 Å². The molecule has 0 heterocycles. The summed E-state index contributed by atoms with van der Waals surface area (Å²) in [6, 6.07) is 0.